The van der Waals surface area contributed by atoms with Crippen LogP contribution in [0.5, 0.6) is 0 Å². The number of carbonyl (C=O) groups excluding carboxylic acids is 1. The predicted molar refractivity (Wildman–Crippen MR) is 68.3 cm³/mol. The first kappa shape index (κ1) is 16.6. The fourth-order valence-corrected chi connectivity index (χ4v) is 1.83. The highest BCUT2D eigenvalue weighted by molar-refractivity contribution is 5.85. The van der Waals surface area contributed by atoms with Gasteiger partial charge in [-0.2, -0.15) is 0 Å². The third-order valence-electron chi connectivity index (χ3n) is 2.93. The van der Waals surface area contributed by atoms with Gasteiger partial charge in [0, 0.05) is 20.2 Å². The molecule has 2 N–H and O–H groups in total. The van der Waals surface area contributed by atoms with Gasteiger partial charge >= 0.3 is 0 Å². The third-order valence-corrected chi connectivity index (χ3v) is 2.93. The van der Waals surface area contributed by atoms with Crippen molar-refractivity contribution in [1.82, 2.24) is 4.90 Å². The lowest BCUT2D eigenvalue weighted by atomic mass is 10.1. The quantitative estimate of drug-likeness (QED) is 0.800. The lowest BCUT2D eigenvalue weighted by molar-refractivity contribution is -0.145. The zero-order valence-corrected chi connectivity index (χ0v) is 11.5. The van der Waals surface area contributed by atoms with Crippen molar-refractivity contribution in [2.24, 2.45) is 5.73 Å². The van der Waals surface area contributed by atoms with E-state index >= 15 is 0 Å². The van der Waals surface area contributed by atoms with Gasteiger partial charge in [-0.1, -0.05) is 0 Å². The molecule has 3 atom stereocenters. The van der Waals surface area contributed by atoms with Crippen LogP contribution < -0.4 is 5.73 Å². The van der Waals surface area contributed by atoms with Gasteiger partial charge in [0.05, 0.1) is 31.3 Å². The van der Waals surface area contributed by atoms with Crippen LogP contribution in [-0.2, 0) is 14.3 Å². The maximum Gasteiger partial charge on any atom is 0.225 e. The first-order valence-electron chi connectivity index (χ1n) is 5.72. The molecule has 3 unspecified atom stereocenters. The molecule has 102 valence electrons. The topological polar surface area (TPSA) is 64.8 Å². The van der Waals surface area contributed by atoms with Crippen molar-refractivity contribution in [2.75, 3.05) is 26.8 Å². The van der Waals surface area contributed by atoms with Crippen LogP contribution >= 0.6 is 12.4 Å². The van der Waals surface area contributed by atoms with E-state index in [1.54, 1.807) is 7.11 Å². The molecular weight excluding hydrogens is 244 g/mol. The van der Waals surface area contributed by atoms with Gasteiger partial charge in [-0.25, -0.2) is 0 Å². The minimum atomic E-state index is -0.183. The Morgan fingerprint density at radius 2 is 2.24 bits per heavy atom. The second-order valence-corrected chi connectivity index (χ2v) is 4.34. The van der Waals surface area contributed by atoms with Crippen LogP contribution in [0.15, 0.2) is 0 Å². The summed E-state index contributed by atoms with van der Waals surface area (Å²) in [5.74, 6) is 0.0972. The molecule has 1 heterocycles. The van der Waals surface area contributed by atoms with Crippen molar-refractivity contribution in [3.8, 4) is 0 Å². The Hall–Kier alpha value is -0.360. The number of morpholine rings is 1. The van der Waals surface area contributed by atoms with Gasteiger partial charge in [0.25, 0.3) is 0 Å². The molecule has 0 aliphatic carbocycles. The third kappa shape index (κ3) is 4.79. The van der Waals surface area contributed by atoms with Gasteiger partial charge in [0.1, 0.15) is 0 Å². The molecule has 1 rings (SSSR count). The Labute approximate surface area is 109 Å². The van der Waals surface area contributed by atoms with Crippen LogP contribution in [0.3, 0.4) is 0 Å². The SMILES string of the molecule is COC(CN)CC(=O)N1CC(C)OCC1C.Cl. The molecule has 17 heavy (non-hydrogen) atoms. The van der Waals surface area contributed by atoms with Gasteiger partial charge in [-0.05, 0) is 13.8 Å². The number of hydrogen-bond donors (Lipinski definition) is 1. The summed E-state index contributed by atoms with van der Waals surface area (Å²) in [4.78, 5) is 13.9. The summed E-state index contributed by atoms with van der Waals surface area (Å²) < 4.78 is 10.6. The molecule has 0 radical (unpaired) electrons. The lowest BCUT2D eigenvalue weighted by Crippen LogP contribution is -2.51. The Bertz CT molecular complexity index is 237. The van der Waals surface area contributed by atoms with Crippen molar-refractivity contribution >= 4 is 18.3 Å². The monoisotopic (exact) mass is 266 g/mol. The summed E-state index contributed by atoms with van der Waals surface area (Å²) in [6.45, 7) is 5.60. The van der Waals surface area contributed by atoms with Crippen LogP contribution in [0.1, 0.15) is 20.3 Å². The zero-order valence-electron chi connectivity index (χ0n) is 10.7. The van der Waals surface area contributed by atoms with Gasteiger partial charge in [0.2, 0.25) is 5.91 Å². The van der Waals surface area contributed by atoms with Crippen LogP contribution in [0.2, 0.25) is 0 Å². The van der Waals surface area contributed by atoms with Gasteiger partial charge in [0.15, 0.2) is 0 Å². The number of ether oxygens (including phenoxy) is 2. The molecule has 1 aliphatic rings. The van der Waals surface area contributed by atoms with E-state index < -0.39 is 0 Å². The summed E-state index contributed by atoms with van der Waals surface area (Å²) in [7, 11) is 1.58. The number of nitrogens with two attached hydrogens (primary N) is 1. The standard InChI is InChI=1S/C11H22N2O3.ClH/c1-8-7-16-9(2)6-13(8)11(14)4-10(5-12)15-3;/h8-10H,4-7,12H2,1-3H3;1H. The van der Waals surface area contributed by atoms with Gasteiger partial charge in [-0.15, -0.1) is 12.4 Å². The average molecular weight is 267 g/mol. The number of hydrogen-bond acceptors (Lipinski definition) is 4. The van der Waals surface area contributed by atoms with Gasteiger partial charge in [-0.3, -0.25) is 4.79 Å². The number of methoxy groups -OCH3 is 1. The number of carbonyl (C=O) groups is 1. The van der Waals surface area contributed by atoms with Gasteiger partial charge < -0.3 is 20.1 Å². The molecule has 0 aromatic rings. The molecule has 1 aliphatic heterocycles. The van der Waals surface area contributed by atoms with Crippen molar-refractivity contribution in [3.63, 3.8) is 0 Å². The number of amides is 1. The first-order chi connectivity index (χ1) is 7.58. The highest BCUT2D eigenvalue weighted by Gasteiger charge is 2.28. The Morgan fingerprint density at radius 1 is 1.59 bits per heavy atom. The molecule has 5 nitrogen and oxygen atoms in total. The number of halogens is 1. The van der Waals surface area contributed by atoms with E-state index in [4.69, 9.17) is 15.2 Å². The van der Waals surface area contributed by atoms with E-state index in [2.05, 4.69) is 0 Å². The molecule has 6 heteroatoms. The van der Waals surface area contributed by atoms with E-state index in [1.165, 1.54) is 0 Å². The molecule has 0 bridgehead atoms. The lowest BCUT2D eigenvalue weighted by Gasteiger charge is -2.37. The Balaban J connectivity index is 0.00000256. The van der Waals surface area contributed by atoms with Crippen LogP contribution in [-0.4, -0.2) is 55.9 Å². The second-order valence-electron chi connectivity index (χ2n) is 4.34. The number of nitrogens with zero attached hydrogens (tertiary/aromatic N) is 1. The maximum atomic E-state index is 12.0. The summed E-state index contributed by atoms with van der Waals surface area (Å²) in [5.41, 5.74) is 5.50. The maximum absolute atomic E-state index is 12.0. The molecule has 0 aromatic carbocycles. The molecule has 1 amide bonds. The molecule has 0 spiro atoms. The van der Waals surface area contributed by atoms with E-state index in [1.807, 2.05) is 18.7 Å². The molecule has 1 saturated heterocycles. The first-order valence-corrected chi connectivity index (χ1v) is 5.72. The highest BCUT2D eigenvalue weighted by atomic mass is 35.5. The van der Waals surface area contributed by atoms with Crippen molar-refractivity contribution < 1.29 is 14.3 Å². The summed E-state index contributed by atoms with van der Waals surface area (Å²) in [6, 6.07) is 0.138. The van der Waals surface area contributed by atoms with E-state index in [-0.39, 0.29) is 36.6 Å². The fourth-order valence-electron chi connectivity index (χ4n) is 1.83. The fraction of sp³-hybridized carbons (Fsp3) is 0.909. The van der Waals surface area contributed by atoms with Crippen molar-refractivity contribution in [1.29, 1.82) is 0 Å². The smallest absolute Gasteiger partial charge is 0.225 e. The second kappa shape index (κ2) is 7.87. The summed E-state index contributed by atoms with van der Waals surface area (Å²) >= 11 is 0. The normalized spacial score (nSPS) is 26.2. The van der Waals surface area contributed by atoms with E-state index in [9.17, 15) is 4.79 Å². The Morgan fingerprint density at radius 3 is 2.76 bits per heavy atom. The van der Waals surface area contributed by atoms with Crippen LogP contribution in [0.4, 0.5) is 0 Å². The highest BCUT2D eigenvalue weighted by Crippen LogP contribution is 2.13. The molecule has 0 aromatic heterocycles. The minimum absolute atomic E-state index is 0. The van der Waals surface area contributed by atoms with Crippen LogP contribution in [0, 0.1) is 0 Å². The zero-order chi connectivity index (χ0) is 12.1. The Kier molecular flexibility index (Phi) is 7.70. The van der Waals surface area contributed by atoms with Crippen molar-refractivity contribution in [2.45, 2.75) is 38.5 Å². The largest absolute Gasteiger partial charge is 0.380 e. The number of rotatable bonds is 4. The average Bonchev–Trinajstić information content (AvgIpc) is 2.28. The molecular formula is C11H23ClN2O3. The van der Waals surface area contributed by atoms with E-state index in [0.29, 0.717) is 26.1 Å². The van der Waals surface area contributed by atoms with Crippen molar-refractivity contribution in [3.05, 3.63) is 0 Å². The van der Waals surface area contributed by atoms with Crippen LogP contribution in [0.25, 0.3) is 0 Å². The minimum Gasteiger partial charge on any atom is -0.380 e. The summed E-state index contributed by atoms with van der Waals surface area (Å²) in [5, 5.41) is 0. The molecule has 0 saturated carbocycles. The molecule has 1 fully saturated rings. The predicted octanol–water partition coefficient (Wildman–Crippen LogP) is 0.408. The summed E-state index contributed by atoms with van der Waals surface area (Å²) in [6.07, 6.45) is 0.279. The van der Waals surface area contributed by atoms with E-state index in [0.717, 1.165) is 0 Å².